The Morgan fingerprint density at radius 1 is 1.16 bits per heavy atom. The molecule has 0 amide bonds. The first-order valence-electron chi connectivity index (χ1n) is 5.33. The summed E-state index contributed by atoms with van der Waals surface area (Å²) in [6.45, 7) is 0. The second-order valence-electron chi connectivity index (χ2n) is 3.80. The monoisotopic (exact) mass is 296 g/mol. The van der Waals surface area contributed by atoms with Gasteiger partial charge in [0.05, 0.1) is 32.7 Å². The minimum Gasteiger partial charge on any atom is -0.478 e. The summed E-state index contributed by atoms with van der Waals surface area (Å²) in [4.78, 5) is 11.2. The molecule has 0 saturated heterocycles. The fraction of sp³-hybridized carbons (Fsp3) is 0. The summed E-state index contributed by atoms with van der Waals surface area (Å²) in [6.07, 6.45) is 0. The molecular weight excluding hydrogens is 287 g/mol. The Balaban J connectivity index is 2.49. The van der Waals surface area contributed by atoms with Crippen molar-refractivity contribution in [1.29, 1.82) is 0 Å². The number of nitrogens with two attached hydrogens (primary N) is 1. The van der Waals surface area contributed by atoms with Gasteiger partial charge in [0, 0.05) is 0 Å². The molecule has 6 heteroatoms. The Morgan fingerprint density at radius 2 is 1.84 bits per heavy atom. The molecule has 2 aromatic rings. The molecule has 19 heavy (non-hydrogen) atoms. The van der Waals surface area contributed by atoms with Crippen molar-refractivity contribution < 1.29 is 9.90 Å². The lowest BCUT2D eigenvalue weighted by Crippen LogP contribution is -2.06. The molecule has 98 valence electrons. The third-order valence-corrected chi connectivity index (χ3v) is 3.36. The van der Waals surface area contributed by atoms with Crippen LogP contribution in [0.15, 0.2) is 36.4 Å². The first-order chi connectivity index (χ1) is 9.00. The van der Waals surface area contributed by atoms with E-state index in [1.807, 2.05) is 0 Å². The first kappa shape index (κ1) is 13.5. The lowest BCUT2D eigenvalue weighted by Gasteiger charge is -2.13. The van der Waals surface area contributed by atoms with E-state index in [4.69, 9.17) is 34.0 Å². The van der Waals surface area contributed by atoms with Gasteiger partial charge in [-0.3, -0.25) is 0 Å². The SMILES string of the molecule is Nc1cccc(C(=O)O)c1Nc1cccc(Cl)c1Cl. The van der Waals surface area contributed by atoms with Crippen LogP contribution in [0.4, 0.5) is 17.1 Å². The summed E-state index contributed by atoms with van der Waals surface area (Å²) in [5.41, 5.74) is 6.96. The molecule has 0 spiro atoms. The summed E-state index contributed by atoms with van der Waals surface area (Å²) in [5.74, 6) is -1.08. The van der Waals surface area contributed by atoms with Crippen LogP contribution in [0, 0.1) is 0 Å². The van der Waals surface area contributed by atoms with Crippen LogP contribution in [0.5, 0.6) is 0 Å². The number of nitrogen functional groups attached to an aromatic ring is 1. The van der Waals surface area contributed by atoms with Gasteiger partial charge in [-0.2, -0.15) is 0 Å². The van der Waals surface area contributed by atoms with E-state index < -0.39 is 5.97 Å². The molecule has 4 nitrogen and oxygen atoms in total. The molecule has 0 heterocycles. The molecule has 0 radical (unpaired) electrons. The van der Waals surface area contributed by atoms with Crippen molar-refractivity contribution in [3.8, 4) is 0 Å². The summed E-state index contributed by atoms with van der Waals surface area (Å²) < 4.78 is 0. The molecular formula is C13H10Cl2N2O2. The highest BCUT2D eigenvalue weighted by Crippen LogP contribution is 2.34. The van der Waals surface area contributed by atoms with E-state index >= 15 is 0 Å². The molecule has 0 atom stereocenters. The number of halogens is 2. The number of hydrogen-bond acceptors (Lipinski definition) is 3. The van der Waals surface area contributed by atoms with Gasteiger partial charge in [0.2, 0.25) is 0 Å². The van der Waals surface area contributed by atoms with Gasteiger partial charge in [-0.25, -0.2) is 4.79 Å². The molecule has 0 aliphatic carbocycles. The zero-order valence-electron chi connectivity index (χ0n) is 9.65. The standard InChI is InChI=1S/C13H10Cl2N2O2/c14-8-4-2-6-10(11(8)15)17-12-7(13(18)19)3-1-5-9(12)16/h1-6,17H,16H2,(H,18,19). The van der Waals surface area contributed by atoms with Gasteiger partial charge < -0.3 is 16.2 Å². The number of hydrogen-bond donors (Lipinski definition) is 3. The van der Waals surface area contributed by atoms with Crippen molar-refractivity contribution in [3.63, 3.8) is 0 Å². The van der Waals surface area contributed by atoms with E-state index in [2.05, 4.69) is 5.32 Å². The Bertz CT molecular complexity index is 645. The molecule has 0 aromatic heterocycles. The number of carboxylic acids is 1. The summed E-state index contributed by atoms with van der Waals surface area (Å²) >= 11 is 11.9. The highest BCUT2D eigenvalue weighted by atomic mass is 35.5. The maximum atomic E-state index is 11.2. The average molecular weight is 297 g/mol. The van der Waals surface area contributed by atoms with Crippen molar-refractivity contribution >= 4 is 46.2 Å². The quantitative estimate of drug-likeness (QED) is 0.748. The van der Waals surface area contributed by atoms with E-state index in [1.54, 1.807) is 30.3 Å². The van der Waals surface area contributed by atoms with Crippen molar-refractivity contribution in [3.05, 3.63) is 52.0 Å². The second kappa shape index (κ2) is 5.38. The minimum atomic E-state index is -1.08. The fourth-order valence-electron chi connectivity index (χ4n) is 1.62. The van der Waals surface area contributed by atoms with Crippen molar-refractivity contribution in [1.82, 2.24) is 0 Å². The Hall–Kier alpha value is -1.91. The van der Waals surface area contributed by atoms with Crippen LogP contribution in [-0.2, 0) is 0 Å². The largest absolute Gasteiger partial charge is 0.478 e. The summed E-state index contributed by atoms with van der Waals surface area (Å²) in [5, 5.41) is 12.7. The van der Waals surface area contributed by atoms with Gasteiger partial charge in [-0.05, 0) is 24.3 Å². The Kier molecular flexibility index (Phi) is 3.83. The van der Waals surface area contributed by atoms with E-state index in [1.165, 1.54) is 6.07 Å². The number of anilines is 3. The lowest BCUT2D eigenvalue weighted by molar-refractivity contribution is 0.0698. The van der Waals surface area contributed by atoms with Crippen molar-refractivity contribution in [2.45, 2.75) is 0 Å². The van der Waals surface area contributed by atoms with Gasteiger partial charge >= 0.3 is 5.97 Å². The molecule has 0 saturated carbocycles. The zero-order chi connectivity index (χ0) is 14.0. The van der Waals surface area contributed by atoms with Crippen molar-refractivity contribution in [2.75, 3.05) is 11.1 Å². The molecule has 2 rings (SSSR count). The van der Waals surface area contributed by atoms with Crippen LogP contribution < -0.4 is 11.1 Å². The number of rotatable bonds is 3. The third-order valence-electron chi connectivity index (χ3n) is 2.54. The molecule has 2 aromatic carbocycles. The van der Waals surface area contributed by atoms with Gasteiger partial charge in [0.15, 0.2) is 0 Å². The van der Waals surface area contributed by atoms with Gasteiger partial charge in [-0.15, -0.1) is 0 Å². The molecule has 0 fully saturated rings. The van der Waals surface area contributed by atoms with Crippen LogP contribution in [-0.4, -0.2) is 11.1 Å². The van der Waals surface area contributed by atoms with Gasteiger partial charge in [-0.1, -0.05) is 35.3 Å². The number of aromatic carboxylic acids is 1. The fourth-order valence-corrected chi connectivity index (χ4v) is 1.97. The van der Waals surface area contributed by atoms with Gasteiger partial charge in [0.25, 0.3) is 0 Å². The number of nitrogens with one attached hydrogen (secondary N) is 1. The number of carboxylic acid groups (broad SMARTS) is 1. The number of para-hydroxylation sites is 1. The predicted octanol–water partition coefficient (Wildman–Crippen LogP) is 4.02. The average Bonchev–Trinajstić information content (AvgIpc) is 2.36. The van der Waals surface area contributed by atoms with Crippen molar-refractivity contribution in [2.24, 2.45) is 0 Å². The van der Waals surface area contributed by atoms with E-state index in [0.717, 1.165) is 0 Å². The maximum Gasteiger partial charge on any atom is 0.337 e. The Labute approximate surface area is 119 Å². The molecule has 4 N–H and O–H groups in total. The zero-order valence-corrected chi connectivity index (χ0v) is 11.2. The second-order valence-corrected chi connectivity index (χ2v) is 4.59. The smallest absolute Gasteiger partial charge is 0.337 e. The van der Waals surface area contributed by atoms with Crippen LogP contribution in [0.3, 0.4) is 0 Å². The highest BCUT2D eigenvalue weighted by Gasteiger charge is 2.14. The van der Waals surface area contributed by atoms with E-state index in [9.17, 15) is 4.79 Å². The van der Waals surface area contributed by atoms with Crippen LogP contribution >= 0.6 is 23.2 Å². The Morgan fingerprint density at radius 3 is 2.53 bits per heavy atom. The van der Waals surface area contributed by atoms with Crippen LogP contribution in [0.2, 0.25) is 10.0 Å². The lowest BCUT2D eigenvalue weighted by atomic mass is 10.1. The van der Waals surface area contributed by atoms with Gasteiger partial charge in [0.1, 0.15) is 0 Å². The van der Waals surface area contributed by atoms with Crippen LogP contribution in [0.1, 0.15) is 10.4 Å². The molecule has 0 aliphatic heterocycles. The predicted molar refractivity (Wildman–Crippen MR) is 77.6 cm³/mol. The highest BCUT2D eigenvalue weighted by molar-refractivity contribution is 6.43. The minimum absolute atomic E-state index is 0.0658. The maximum absolute atomic E-state index is 11.2. The van der Waals surface area contributed by atoms with E-state index in [-0.39, 0.29) is 5.56 Å². The molecule has 0 aliphatic rings. The summed E-state index contributed by atoms with van der Waals surface area (Å²) in [6, 6.07) is 9.67. The number of benzene rings is 2. The first-order valence-corrected chi connectivity index (χ1v) is 6.09. The van der Waals surface area contributed by atoms with Crippen LogP contribution in [0.25, 0.3) is 0 Å². The third kappa shape index (κ3) is 2.75. The summed E-state index contributed by atoms with van der Waals surface area (Å²) in [7, 11) is 0. The normalized spacial score (nSPS) is 10.2. The molecule has 0 bridgehead atoms. The molecule has 0 unspecified atom stereocenters. The van der Waals surface area contributed by atoms with E-state index in [0.29, 0.717) is 27.1 Å². The number of carbonyl (C=O) groups is 1. The topological polar surface area (TPSA) is 75.4 Å².